The lowest BCUT2D eigenvalue weighted by Gasteiger charge is -2.29. The van der Waals surface area contributed by atoms with Crippen LogP contribution in [-0.2, 0) is 11.3 Å². The van der Waals surface area contributed by atoms with Gasteiger partial charge in [0, 0.05) is 28.9 Å². The van der Waals surface area contributed by atoms with E-state index in [-0.39, 0.29) is 6.61 Å². The molecule has 0 radical (unpaired) electrons. The van der Waals surface area contributed by atoms with Crippen molar-refractivity contribution in [2.45, 2.75) is 45.9 Å². The molecule has 0 amide bonds. The lowest BCUT2D eigenvalue weighted by Crippen LogP contribution is -2.39. The third-order valence-electron chi connectivity index (χ3n) is 3.31. The Morgan fingerprint density at radius 3 is 2.80 bits per heavy atom. The van der Waals surface area contributed by atoms with Gasteiger partial charge >= 0.3 is 0 Å². The van der Waals surface area contributed by atoms with Crippen LogP contribution in [-0.4, -0.2) is 41.9 Å². The number of rotatable bonds is 9. The first-order valence-electron chi connectivity index (χ1n) is 7.05. The van der Waals surface area contributed by atoms with E-state index in [9.17, 15) is 5.11 Å². The van der Waals surface area contributed by atoms with Gasteiger partial charge in [0.1, 0.15) is 6.61 Å². The summed E-state index contributed by atoms with van der Waals surface area (Å²) in [5.41, 5.74) is 0. The lowest BCUT2D eigenvalue weighted by atomic mass is 10.2. The molecule has 0 saturated carbocycles. The van der Waals surface area contributed by atoms with Gasteiger partial charge in [0.05, 0.1) is 12.7 Å². The first kappa shape index (κ1) is 17.2. The lowest BCUT2D eigenvalue weighted by molar-refractivity contribution is 0.0173. The molecule has 1 N–H and O–H groups in total. The molecule has 1 heterocycles. The summed E-state index contributed by atoms with van der Waals surface area (Å²) in [5, 5.41) is 10.0. The van der Waals surface area contributed by atoms with E-state index in [2.05, 4.69) is 43.7 Å². The molecule has 0 aliphatic carbocycles. The Labute approximate surface area is 126 Å². The largest absolute Gasteiger partial charge is 0.389 e. The summed E-state index contributed by atoms with van der Waals surface area (Å²) >= 11 is 1.81. The molecule has 112 valence electrons. The fraction of sp³-hybridized carbons (Fsp3) is 0.625. The fourth-order valence-corrected chi connectivity index (χ4v) is 2.92. The Kier molecular flexibility index (Phi) is 7.86. The van der Waals surface area contributed by atoms with Gasteiger partial charge in [-0.1, -0.05) is 12.8 Å². The minimum Gasteiger partial charge on any atom is -0.389 e. The maximum atomic E-state index is 10.0. The molecule has 0 fully saturated rings. The maximum absolute atomic E-state index is 10.0. The van der Waals surface area contributed by atoms with Crippen LogP contribution in [0.1, 0.15) is 30.0 Å². The Bertz CT molecular complexity index is 424. The van der Waals surface area contributed by atoms with Crippen LogP contribution in [0.25, 0.3) is 0 Å². The summed E-state index contributed by atoms with van der Waals surface area (Å²) in [5.74, 6) is 2.41. The van der Waals surface area contributed by atoms with Gasteiger partial charge in [-0.05, 0) is 32.4 Å². The summed E-state index contributed by atoms with van der Waals surface area (Å²) in [6.07, 6.45) is 5.68. The van der Waals surface area contributed by atoms with Crippen molar-refractivity contribution in [3.05, 3.63) is 21.9 Å². The molecule has 1 rings (SSSR count). The molecule has 0 spiro atoms. The van der Waals surface area contributed by atoms with Crippen LogP contribution in [0.4, 0.5) is 0 Å². The van der Waals surface area contributed by atoms with E-state index in [4.69, 9.17) is 11.2 Å². The van der Waals surface area contributed by atoms with Gasteiger partial charge in [0.2, 0.25) is 0 Å². The minimum absolute atomic E-state index is 0.254. The summed E-state index contributed by atoms with van der Waals surface area (Å²) in [6.45, 7) is 8.50. The molecule has 0 aliphatic rings. The number of terminal acetylenes is 1. The summed E-state index contributed by atoms with van der Waals surface area (Å²) < 4.78 is 5.20. The van der Waals surface area contributed by atoms with E-state index in [1.807, 2.05) is 11.3 Å². The van der Waals surface area contributed by atoms with E-state index >= 15 is 0 Å². The first-order valence-corrected chi connectivity index (χ1v) is 7.87. The number of hydrogen-bond donors (Lipinski definition) is 1. The molecule has 0 bridgehead atoms. The van der Waals surface area contributed by atoms with E-state index in [0.717, 1.165) is 13.0 Å². The van der Waals surface area contributed by atoms with Gasteiger partial charge in [-0.2, -0.15) is 0 Å². The van der Waals surface area contributed by atoms with Gasteiger partial charge < -0.3 is 9.84 Å². The smallest absolute Gasteiger partial charge is 0.107 e. The number of aliphatic hydroxyl groups is 1. The van der Waals surface area contributed by atoms with Crippen molar-refractivity contribution in [3.63, 3.8) is 0 Å². The number of nitrogens with zero attached hydrogens (tertiary/aromatic N) is 1. The highest BCUT2D eigenvalue weighted by Crippen LogP contribution is 2.19. The molecule has 2 atom stereocenters. The van der Waals surface area contributed by atoms with Crippen LogP contribution >= 0.6 is 11.3 Å². The summed E-state index contributed by atoms with van der Waals surface area (Å²) in [4.78, 5) is 4.95. The van der Waals surface area contributed by atoms with E-state index in [0.29, 0.717) is 19.2 Å². The standard InChI is InChI=1S/C16H25NO2S/c1-5-9-19-12-15(18)10-17(13(3)6-2)11-16-8-7-14(4)20-16/h1,7-8,13,15,18H,6,9-12H2,2-4H3/t13-,15+/m0/s1. The SMILES string of the molecule is C#CCOC[C@H](O)CN(Cc1ccc(C)s1)[C@@H](C)CC. The quantitative estimate of drug-likeness (QED) is 0.561. The highest BCUT2D eigenvalue weighted by atomic mass is 32.1. The zero-order chi connectivity index (χ0) is 15.0. The van der Waals surface area contributed by atoms with E-state index in [1.54, 1.807) is 0 Å². The molecule has 20 heavy (non-hydrogen) atoms. The molecule has 3 nitrogen and oxygen atoms in total. The van der Waals surface area contributed by atoms with E-state index < -0.39 is 6.10 Å². The molecule has 1 aromatic rings. The Balaban J connectivity index is 2.53. The van der Waals surface area contributed by atoms with Crippen LogP contribution in [0.5, 0.6) is 0 Å². The second-order valence-corrected chi connectivity index (χ2v) is 6.44. The minimum atomic E-state index is -0.501. The van der Waals surface area contributed by atoms with Crippen molar-refractivity contribution in [1.29, 1.82) is 0 Å². The topological polar surface area (TPSA) is 32.7 Å². The molecular weight excluding hydrogens is 270 g/mol. The fourth-order valence-electron chi connectivity index (χ4n) is 2.01. The number of aliphatic hydroxyl groups excluding tert-OH is 1. The molecule has 1 aromatic heterocycles. The molecule has 0 aliphatic heterocycles. The third-order valence-corrected chi connectivity index (χ3v) is 4.30. The molecule has 4 heteroatoms. The maximum Gasteiger partial charge on any atom is 0.107 e. The van der Waals surface area contributed by atoms with Gasteiger partial charge in [0.25, 0.3) is 0 Å². The predicted molar refractivity (Wildman–Crippen MR) is 84.9 cm³/mol. The highest BCUT2D eigenvalue weighted by molar-refractivity contribution is 7.11. The van der Waals surface area contributed by atoms with Gasteiger partial charge in [-0.25, -0.2) is 0 Å². The second kappa shape index (κ2) is 9.15. The average Bonchev–Trinajstić information content (AvgIpc) is 2.83. The monoisotopic (exact) mass is 295 g/mol. The first-order chi connectivity index (χ1) is 9.56. The molecule has 0 saturated heterocycles. The zero-order valence-electron chi connectivity index (χ0n) is 12.6. The highest BCUT2D eigenvalue weighted by Gasteiger charge is 2.17. The van der Waals surface area contributed by atoms with Crippen LogP contribution in [0.15, 0.2) is 12.1 Å². The van der Waals surface area contributed by atoms with Crippen LogP contribution in [0.3, 0.4) is 0 Å². The zero-order valence-corrected chi connectivity index (χ0v) is 13.4. The Morgan fingerprint density at radius 2 is 2.25 bits per heavy atom. The van der Waals surface area contributed by atoms with Crippen molar-refractivity contribution >= 4 is 11.3 Å². The van der Waals surface area contributed by atoms with Gasteiger partial charge in [-0.3, -0.25) is 4.90 Å². The van der Waals surface area contributed by atoms with E-state index in [1.165, 1.54) is 9.75 Å². The van der Waals surface area contributed by atoms with Crippen molar-refractivity contribution < 1.29 is 9.84 Å². The molecule has 0 unspecified atom stereocenters. The van der Waals surface area contributed by atoms with Gasteiger partial charge in [0.15, 0.2) is 0 Å². The summed E-state index contributed by atoms with van der Waals surface area (Å²) in [7, 11) is 0. The Hall–Kier alpha value is -0.860. The summed E-state index contributed by atoms with van der Waals surface area (Å²) in [6, 6.07) is 4.73. The normalized spacial score (nSPS) is 14.2. The number of thiophene rings is 1. The number of hydrogen-bond acceptors (Lipinski definition) is 4. The molecule has 0 aromatic carbocycles. The van der Waals surface area contributed by atoms with Crippen molar-refractivity contribution in [2.75, 3.05) is 19.8 Å². The second-order valence-electron chi connectivity index (χ2n) is 5.07. The van der Waals surface area contributed by atoms with Crippen LogP contribution in [0.2, 0.25) is 0 Å². The van der Waals surface area contributed by atoms with Crippen molar-refractivity contribution in [1.82, 2.24) is 4.90 Å². The van der Waals surface area contributed by atoms with Crippen LogP contribution < -0.4 is 0 Å². The average molecular weight is 295 g/mol. The van der Waals surface area contributed by atoms with Crippen molar-refractivity contribution in [3.8, 4) is 12.3 Å². The van der Waals surface area contributed by atoms with Gasteiger partial charge in [-0.15, -0.1) is 17.8 Å². The third kappa shape index (κ3) is 6.06. The number of aryl methyl sites for hydroxylation is 1. The predicted octanol–water partition coefficient (Wildman–Crippen LogP) is 2.67. The van der Waals surface area contributed by atoms with Crippen LogP contribution in [0, 0.1) is 19.3 Å². The number of ether oxygens (including phenoxy) is 1. The molecular formula is C16H25NO2S. The Morgan fingerprint density at radius 1 is 1.50 bits per heavy atom. The van der Waals surface area contributed by atoms with Crippen molar-refractivity contribution in [2.24, 2.45) is 0 Å².